The zero-order valence-corrected chi connectivity index (χ0v) is 16.6. The molecule has 2 atom stereocenters. The number of benzene rings is 1. The second kappa shape index (κ2) is 6.76. The monoisotopic (exact) mass is 388 g/mol. The first-order valence-corrected chi connectivity index (χ1v) is 10.7. The van der Waals surface area contributed by atoms with Crippen LogP contribution in [0, 0.1) is 13.8 Å². The summed E-state index contributed by atoms with van der Waals surface area (Å²) in [6.07, 6.45) is 0.899. The van der Waals surface area contributed by atoms with Gasteiger partial charge in [-0.25, -0.2) is 18.4 Å². The van der Waals surface area contributed by atoms with E-state index in [0.717, 1.165) is 23.8 Å². The number of aryl methyl sites for hydroxylation is 2. The number of sulfonamides is 1. The molecule has 0 amide bonds. The Bertz CT molecular complexity index is 914. The van der Waals surface area contributed by atoms with Gasteiger partial charge in [-0.05, 0) is 51.5 Å². The van der Waals surface area contributed by atoms with Gasteiger partial charge < -0.3 is 9.64 Å². The van der Waals surface area contributed by atoms with Gasteiger partial charge in [-0.3, -0.25) is 0 Å². The van der Waals surface area contributed by atoms with Crippen LogP contribution in [0.25, 0.3) is 0 Å². The molecular formula is C19H24N4O3S. The van der Waals surface area contributed by atoms with Crippen LogP contribution < -0.4 is 9.64 Å². The predicted molar refractivity (Wildman–Crippen MR) is 103 cm³/mol. The average molecular weight is 388 g/mol. The Kier molecular flexibility index (Phi) is 4.55. The summed E-state index contributed by atoms with van der Waals surface area (Å²) in [6.45, 7) is 7.60. The Hall–Kier alpha value is -2.19. The molecule has 3 saturated heterocycles. The fourth-order valence-electron chi connectivity index (χ4n) is 4.01. The molecule has 0 saturated carbocycles. The average Bonchev–Trinajstić information content (AvgIpc) is 2.61. The van der Waals surface area contributed by atoms with Crippen molar-refractivity contribution < 1.29 is 13.2 Å². The van der Waals surface area contributed by atoms with E-state index in [1.165, 1.54) is 0 Å². The topological polar surface area (TPSA) is 75.6 Å². The number of piperidine rings is 1. The van der Waals surface area contributed by atoms with Crippen LogP contribution in [-0.4, -0.2) is 54.5 Å². The van der Waals surface area contributed by atoms with Crippen molar-refractivity contribution in [2.45, 2.75) is 44.2 Å². The summed E-state index contributed by atoms with van der Waals surface area (Å²) in [4.78, 5) is 11.3. The molecule has 2 unspecified atom stereocenters. The number of anilines is 1. The van der Waals surface area contributed by atoms with Crippen molar-refractivity contribution in [3.8, 4) is 5.75 Å². The van der Waals surface area contributed by atoms with Crippen LogP contribution in [0.3, 0.4) is 0 Å². The van der Waals surface area contributed by atoms with E-state index in [1.807, 2.05) is 26.8 Å². The van der Waals surface area contributed by atoms with Gasteiger partial charge in [0.05, 0.1) is 11.5 Å². The van der Waals surface area contributed by atoms with Crippen molar-refractivity contribution in [1.82, 2.24) is 14.3 Å². The molecule has 4 heterocycles. The van der Waals surface area contributed by atoms with Gasteiger partial charge in [-0.15, -0.1) is 0 Å². The number of nitrogens with zero attached hydrogens (tertiary/aromatic N) is 4. The minimum Gasteiger partial charge on any atom is -0.494 e. The van der Waals surface area contributed by atoms with Crippen LogP contribution >= 0.6 is 0 Å². The Morgan fingerprint density at radius 3 is 2.37 bits per heavy atom. The maximum atomic E-state index is 13.1. The molecule has 2 bridgehead atoms. The minimum absolute atomic E-state index is 0.0177. The molecule has 1 aromatic heterocycles. The molecule has 0 aliphatic carbocycles. The molecule has 3 fully saturated rings. The zero-order valence-electron chi connectivity index (χ0n) is 15.8. The van der Waals surface area contributed by atoms with Gasteiger partial charge in [0.1, 0.15) is 17.4 Å². The first-order chi connectivity index (χ1) is 12.9. The predicted octanol–water partition coefficient (Wildman–Crippen LogP) is 2.14. The normalized spacial score (nSPS) is 22.4. The van der Waals surface area contributed by atoms with Crippen LogP contribution in [0.4, 0.5) is 5.82 Å². The van der Waals surface area contributed by atoms with Crippen molar-refractivity contribution in [2.24, 2.45) is 0 Å². The van der Waals surface area contributed by atoms with E-state index in [2.05, 4.69) is 14.9 Å². The molecule has 0 spiro atoms. The van der Waals surface area contributed by atoms with Crippen LogP contribution in [-0.2, 0) is 10.0 Å². The van der Waals surface area contributed by atoms with Crippen LogP contribution in [0.1, 0.15) is 24.9 Å². The van der Waals surface area contributed by atoms with E-state index in [9.17, 15) is 8.42 Å². The summed E-state index contributed by atoms with van der Waals surface area (Å²) in [6, 6.07) is 8.61. The van der Waals surface area contributed by atoms with Crippen LogP contribution in [0.2, 0.25) is 0 Å². The summed E-state index contributed by atoms with van der Waals surface area (Å²) in [7, 11) is -3.50. The summed E-state index contributed by atoms with van der Waals surface area (Å²) in [5, 5.41) is 0. The number of fused-ring (bicyclic) bond motifs is 2. The van der Waals surface area contributed by atoms with E-state index >= 15 is 0 Å². The molecule has 1 aromatic carbocycles. The Labute approximate surface area is 160 Å². The van der Waals surface area contributed by atoms with Gasteiger partial charge in [0.25, 0.3) is 0 Å². The van der Waals surface area contributed by atoms with Crippen LogP contribution in [0.15, 0.2) is 35.2 Å². The molecule has 27 heavy (non-hydrogen) atoms. The van der Waals surface area contributed by atoms with Crippen molar-refractivity contribution in [1.29, 1.82) is 0 Å². The standard InChI is InChI=1S/C19H24N4O3S/c1-4-26-17-5-7-18(8-6-17)27(24,25)23-15-10-16(23)12-22(11-15)19-9-13(2)20-14(3)21-19/h5-9,15-16H,4,10-12H2,1-3H3. The fraction of sp³-hybridized carbons (Fsp3) is 0.474. The highest BCUT2D eigenvalue weighted by atomic mass is 32.2. The summed E-state index contributed by atoms with van der Waals surface area (Å²) < 4.78 is 33.3. The zero-order chi connectivity index (χ0) is 19.2. The third-order valence-corrected chi connectivity index (χ3v) is 7.13. The summed E-state index contributed by atoms with van der Waals surface area (Å²) >= 11 is 0. The SMILES string of the molecule is CCOc1ccc(S(=O)(=O)N2C3CC2CN(c2cc(C)nc(C)n2)C3)cc1. The van der Waals surface area contributed by atoms with E-state index < -0.39 is 10.0 Å². The van der Waals surface area contributed by atoms with E-state index in [4.69, 9.17) is 4.74 Å². The molecule has 144 valence electrons. The Morgan fingerprint density at radius 1 is 1.11 bits per heavy atom. The number of piperazine rings is 1. The highest BCUT2D eigenvalue weighted by Gasteiger charge is 2.51. The molecule has 5 rings (SSSR count). The van der Waals surface area contributed by atoms with E-state index in [-0.39, 0.29) is 12.1 Å². The third kappa shape index (κ3) is 3.27. The molecule has 7 nitrogen and oxygen atoms in total. The molecule has 2 aromatic rings. The van der Waals surface area contributed by atoms with Gasteiger partial charge in [-0.2, -0.15) is 4.31 Å². The first kappa shape index (κ1) is 18.2. The van der Waals surface area contributed by atoms with Gasteiger partial charge >= 0.3 is 0 Å². The van der Waals surface area contributed by atoms with Gasteiger partial charge in [-0.1, -0.05) is 0 Å². The molecule has 0 N–H and O–H groups in total. The molecule has 3 aliphatic heterocycles. The Morgan fingerprint density at radius 2 is 1.78 bits per heavy atom. The molecule has 8 heteroatoms. The summed E-state index contributed by atoms with van der Waals surface area (Å²) in [5.74, 6) is 2.30. The fourth-order valence-corrected chi connectivity index (χ4v) is 5.82. The van der Waals surface area contributed by atoms with Crippen LogP contribution in [0.5, 0.6) is 5.75 Å². The minimum atomic E-state index is -3.50. The second-order valence-electron chi connectivity index (χ2n) is 7.10. The van der Waals surface area contributed by atoms with Gasteiger partial charge in [0.2, 0.25) is 10.0 Å². The maximum absolute atomic E-state index is 13.1. The Balaban J connectivity index is 1.52. The number of rotatable bonds is 5. The maximum Gasteiger partial charge on any atom is 0.243 e. The highest BCUT2D eigenvalue weighted by Crippen LogP contribution is 2.39. The lowest BCUT2D eigenvalue weighted by Crippen LogP contribution is -2.70. The second-order valence-corrected chi connectivity index (χ2v) is 8.95. The largest absolute Gasteiger partial charge is 0.494 e. The lowest BCUT2D eigenvalue weighted by molar-refractivity contribution is 0.0874. The lowest BCUT2D eigenvalue weighted by atomic mass is 9.91. The first-order valence-electron chi connectivity index (χ1n) is 9.22. The highest BCUT2D eigenvalue weighted by molar-refractivity contribution is 7.89. The van der Waals surface area contributed by atoms with Gasteiger partial charge in [0, 0.05) is 36.9 Å². The number of ether oxygens (including phenoxy) is 1. The third-order valence-electron chi connectivity index (χ3n) is 5.11. The van der Waals surface area contributed by atoms with Crippen molar-refractivity contribution in [2.75, 3.05) is 24.6 Å². The number of aromatic nitrogens is 2. The van der Waals surface area contributed by atoms with E-state index in [1.54, 1.807) is 28.6 Å². The molecular weight excluding hydrogens is 364 g/mol. The van der Waals surface area contributed by atoms with Crippen molar-refractivity contribution in [3.63, 3.8) is 0 Å². The van der Waals surface area contributed by atoms with Gasteiger partial charge in [0.15, 0.2) is 0 Å². The van der Waals surface area contributed by atoms with Crippen molar-refractivity contribution >= 4 is 15.8 Å². The molecule has 3 aliphatic rings. The smallest absolute Gasteiger partial charge is 0.243 e. The quantitative estimate of drug-likeness (QED) is 0.781. The summed E-state index contributed by atoms with van der Waals surface area (Å²) in [5.41, 5.74) is 0.926. The molecule has 0 radical (unpaired) electrons. The number of hydrogen-bond acceptors (Lipinski definition) is 6. The lowest BCUT2D eigenvalue weighted by Gasteiger charge is -2.55. The number of hydrogen-bond donors (Lipinski definition) is 0. The van der Waals surface area contributed by atoms with Crippen molar-refractivity contribution in [3.05, 3.63) is 41.9 Å². The van der Waals surface area contributed by atoms with E-state index in [0.29, 0.717) is 30.3 Å².